The number of hydrogen-bond acceptors (Lipinski definition) is 6. The van der Waals surface area contributed by atoms with Gasteiger partial charge >= 0.3 is 6.11 Å². The summed E-state index contributed by atoms with van der Waals surface area (Å²) in [6.07, 6.45) is 7.85. The van der Waals surface area contributed by atoms with Crippen LogP contribution in [0.3, 0.4) is 0 Å². The zero-order chi connectivity index (χ0) is 34.8. The van der Waals surface area contributed by atoms with Crippen LogP contribution >= 0.6 is 0 Å². The van der Waals surface area contributed by atoms with Gasteiger partial charge in [-0.2, -0.15) is 13.1 Å². The summed E-state index contributed by atoms with van der Waals surface area (Å²) in [7, 11) is -2.57. The number of likely N-dealkylation sites (N-methyl/N-ethyl adjacent to an activating group) is 1. The van der Waals surface area contributed by atoms with Crippen molar-refractivity contribution in [1.29, 1.82) is 0 Å². The summed E-state index contributed by atoms with van der Waals surface area (Å²) in [5.41, 5.74) is 1.62. The minimum Gasteiger partial charge on any atom is -0.437 e. The number of nitrogens with one attached hydrogen (secondary N) is 2. The van der Waals surface area contributed by atoms with Crippen LogP contribution in [0.5, 0.6) is 0 Å². The third kappa shape index (κ3) is 10.2. The highest BCUT2D eigenvalue weighted by Gasteiger charge is 2.40. The van der Waals surface area contributed by atoms with Gasteiger partial charge in [-0.15, -0.1) is 0 Å². The van der Waals surface area contributed by atoms with Gasteiger partial charge in [0.1, 0.15) is 11.8 Å². The lowest BCUT2D eigenvalue weighted by atomic mass is 10.0. The Bertz CT molecular complexity index is 1580. The number of hydrogen-bond donors (Lipinski definition) is 2. The fourth-order valence-corrected chi connectivity index (χ4v) is 6.41. The lowest BCUT2D eigenvalue weighted by Gasteiger charge is -2.39. The molecule has 0 unspecified atom stereocenters. The van der Waals surface area contributed by atoms with E-state index >= 15 is 0 Å². The Balaban J connectivity index is 1.91. The average Bonchev–Trinajstić information content (AvgIpc) is 3.28. The SMILES string of the molecule is C=C/C(N=CN1CCN(S(=O)(=O)C2=CC=C(OC(C)(F)F)CC=C2)[C@@H](C(=O)NCc2ccc(C(F)(F)CC)cc2)C1)=C(\C=C/C)NC. The van der Waals surface area contributed by atoms with Gasteiger partial charge in [0.15, 0.2) is 0 Å². The number of allylic oxidation sites excluding steroid dienone is 7. The summed E-state index contributed by atoms with van der Waals surface area (Å²) in [5.74, 6) is -3.73. The molecule has 1 saturated heterocycles. The molecule has 1 amide bonds. The molecule has 0 bridgehead atoms. The summed E-state index contributed by atoms with van der Waals surface area (Å²) in [6.45, 7) is 7.60. The molecule has 1 fully saturated rings. The van der Waals surface area contributed by atoms with Crippen LogP contribution in [0.2, 0.25) is 0 Å². The largest absolute Gasteiger partial charge is 0.437 e. The molecule has 1 aliphatic carbocycles. The number of amides is 1. The second kappa shape index (κ2) is 16.1. The quantitative estimate of drug-likeness (QED) is 0.113. The number of alkyl halides is 4. The van der Waals surface area contributed by atoms with E-state index in [1.807, 2.05) is 19.1 Å². The average molecular weight is 680 g/mol. The van der Waals surface area contributed by atoms with Crippen LogP contribution < -0.4 is 10.6 Å². The normalized spacial score (nSPS) is 18.8. The molecule has 1 aromatic rings. The Labute approximate surface area is 273 Å². The van der Waals surface area contributed by atoms with E-state index in [1.165, 1.54) is 55.8 Å². The number of benzene rings is 1. The molecule has 1 heterocycles. The Kier molecular flexibility index (Phi) is 12.8. The van der Waals surface area contributed by atoms with Crippen molar-refractivity contribution in [3.05, 3.63) is 107 Å². The van der Waals surface area contributed by atoms with Gasteiger partial charge in [0.25, 0.3) is 5.92 Å². The molecule has 256 valence electrons. The van der Waals surface area contributed by atoms with E-state index in [-0.39, 0.29) is 55.2 Å². The van der Waals surface area contributed by atoms with E-state index in [9.17, 15) is 30.8 Å². The number of aliphatic imine (C=N–C) groups is 1. The monoisotopic (exact) mass is 679 g/mol. The van der Waals surface area contributed by atoms with Crippen molar-refractivity contribution in [1.82, 2.24) is 19.8 Å². The predicted molar refractivity (Wildman–Crippen MR) is 175 cm³/mol. The van der Waals surface area contributed by atoms with Gasteiger partial charge in [-0.25, -0.2) is 22.2 Å². The number of carbonyl (C=O) groups excluding carboxylic acids is 1. The Hall–Kier alpha value is -4.17. The van der Waals surface area contributed by atoms with Gasteiger partial charge in [0.05, 0.1) is 22.6 Å². The van der Waals surface area contributed by atoms with Crippen molar-refractivity contribution in [2.24, 2.45) is 4.99 Å². The number of piperazine rings is 1. The van der Waals surface area contributed by atoms with Gasteiger partial charge in [0.2, 0.25) is 15.9 Å². The number of ether oxygens (including phenoxy) is 1. The number of sulfonamides is 1. The van der Waals surface area contributed by atoms with Crippen LogP contribution in [0.25, 0.3) is 0 Å². The molecule has 0 radical (unpaired) electrons. The molecular formula is C33H41F4N5O4S. The minimum absolute atomic E-state index is 0.0369. The highest BCUT2D eigenvalue weighted by molar-refractivity contribution is 7.93. The van der Waals surface area contributed by atoms with Crippen LogP contribution in [0.1, 0.15) is 44.7 Å². The Morgan fingerprint density at radius 3 is 2.47 bits per heavy atom. The summed E-state index contributed by atoms with van der Waals surface area (Å²) in [6, 6.07) is 4.32. The summed E-state index contributed by atoms with van der Waals surface area (Å²) >= 11 is 0. The number of rotatable bonds is 14. The summed E-state index contributed by atoms with van der Waals surface area (Å²) in [4.78, 5) is 19.6. The molecule has 9 nitrogen and oxygen atoms in total. The molecule has 47 heavy (non-hydrogen) atoms. The van der Waals surface area contributed by atoms with Gasteiger partial charge in [0, 0.05) is 58.6 Å². The third-order valence-electron chi connectivity index (χ3n) is 7.34. The lowest BCUT2D eigenvalue weighted by Crippen LogP contribution is -2.60. The molecule has 0 aromatic heterocycles. The van der Waals surface area contributed by atoms with E-state index in [0.29, 0.717) is 23.9 Å². The summed E-state index contributed by atoms with van der Waals surface area (Å²) < 4.78 is 88.4. The maximum Gasteiger partial charge on any atom is 0.394 e. The van der Waals surface area contributed by atoms with Crippen molar-refractivity contribution in [3.8, 4) is 0 Å². The van der Waals surface area contributed by atoms with Crippen LogP contribution in [0.4, 0.5) is 17.6 Å². The maximum atomic E-state index is 14.1. The predicted octanol–water partition coefficient (Wildman–Crippen LogP) is 5.70. The molecule has 3 rings (SSSR count). The molecule has 0 spiro atoms. The van der Waals surface area contributed by atoms with Gasteiger partial charge < -0.3 is 20.3 Å². The molecule has 14 heteroatoms. The topological polar surface area (TPSA) is 103 Å². The molecule has 2 N–H and O–H groups in total. The fraction of sp³-hybridized carbons (Fsp3) is 0.394. The minimum atomic E-state index is -4.30. The van der Waals surface area contributed by atoms with Crippen LogP contribution in [-0.2, 0) is 32.0 Å². The first kappa shape index (κ1) is 37.3. The van der Waals surface area contributed by atoms with Crippen molar-refractivity contribution < 1.29 is 35.5 Å². The third-order valence-corrected chi connectivity index (χ3v) is 9.26. The maximum absolute atomic E-state index is 14.1. The summed E-state index contributed by atoms with van der Waals surface area (Å²) in [5, 5.41) is 5.76. The molecule has 1 aliphatic heterocycles. The van der Waals surface area contributed by atoms with Crippen molar-refractivity contribution in [2.45, 2.75) is 58.2 Å². The van der Waals surface area contributed by atoms with Crippen molar-refractivity contribution in [2.75, 3.05) is 26.7 Å². The number of nitrogens with zero attached hydrogens (tertiary/aromatic N) is 3. The van der Waals surface area contributed by atoms with Crippen LogP contribution in [0.15, 0.2) is 100 Å². The van der Waals surface area contributed by atoms with E-state index in [2.05, 4.69) is 26.9 Å². The second-order valence-electron chi connectivity index (χ2n) is 10.8. The number of halogens is 4. The molecule has 2 aliphatic rings. The van der Waals surface area contributed by atoms with Crippen molar-refractivity contribution >= 4 is 22.3 Å². The van der Waals surface area contributed by atoms with E-state index in [0.717, 1.165) is 10.4 Å². The van der Waals surface area contributed by atoms with E-state index in [4.69, 9.17) is 0 Å². The van der Waals surface area contributed by atoms with Gasteiger partial charge in [-0.1, -0.05) is 49.9 Å². The van der Waals surface area contributed by atoms with Gasteiger partial charge in [-0.3, -0.25) is 4.79 Å². The van der Waals surface area contributed by atoms with Crippen LogP contribution in [0, 0.1) is 0 Å². The van der Waals surface area contributed by atoms with Crippen LogP contribution in [-0.4, -0.2) is 68.7 Å². The molecule has 1 atom stereocenters. The standard InChI is InChI=1S/C33H41F4N5O4S/c1-6-10-29(38-5)28(7-2)40-23-41-19-20-42(47(44,45)27-12-9-11-26(17-18-27)46-32(4,34)35)30(22-41)31(43)39-21-24-13-15-25(16-14-24)33(36,37)8-3/h6-7,9-10,12-18,23,30,38H,2,8,11,19-22H2,1,3-5H3,(H,39,43)/b10-6-,29-28-,40-23?/t30-/m1/s1. The highest BCUT2D eigenvalue weighted by Crippen LogP contribution is 2.31. The second-order valence-corrected chi connectivity index (χ2v) is 12.7. The van der Waals surface area contributed by atoms with Gasteiger partial charge in [-0.05, 0) is 42.9 Å². The number of carbonyl (C=O) groups is 1. The first-order valence-corrected chi connectivity index (χ1v) is 16.5. The first-order chi connectivity index (χ1) is 22.1. The Morgan fingerprint density at radius 1 is 1.17 bits per heavy atom. The Morgan fingerprint density at radius 2 is 1.87 bits per heavy atom. The smallest absolute Gasteiger partial charge is 0.394 e. The first-order valence-electron chi connectivity index (χ1n) is 15.0. The van der Waals surface area contributed by atoms with Crippen molar-refractivity contribution in [3.63, 3.8) is 0 Å². The fourth-order valence-electron chi connectivity index (χ4n) is 4.81. The van der Waals surface area contributed by atoms with E-state index in [1.54, 1.807) is 18.0 Å². The molecule has 1 aromatic carbocycles. The lowest BCUT2D eigenvalue weighted by molar-refractivity contribution is -0.199. The van der Waals surface area contributed by atoms with E-state index < -0.39 is 34.0 Å². The molecule has 0 saturated carbocycles. The zero-order valence-corrected chi connectivity index (χ0v) is 27.7. The zero-order valence-electron chi connectivity index (χ0n) is 26.9. The highest BCUT2D eigenvalue weighted by atomic mass is 32.2. The molecular weight excluding hydrogens is 638 g/mol.